The lowest BCUT2D eigenvalue weighted by atomic mass is 9.38. The average Bonchev–Trinajstić information content (AvgIpc) is 3.15. The van der Waals surface area contributed by atoms with Crippen LogP contribution in [0.2, 0.25) is 0 Å². The zero-order valence-electron chi connectivity index (χ0n) is 23.5. The monoisotopic (exact) mass is 606 g/mol. The molecule has 0 aromatic heterocycles. The van der Waals surface area contributed by atoms with Gasteiger partial charge in [-0.25, -0.2) is 12.8 Å². The first-order chi connectivity index (χ1) is 19.7. The van der Waals surface area contributed by atoms with Gasteiger partial charge in [-0.1, -0.05) is 18.6 Å². The Morgan fingerprint density at radius 3 is 2.24 bits per heavy atom. The number of amidine groups is 1. The molecular formula is C30H34F4N4O3S. The van der Waals surface area contributed by atoms with Crippen LogP contribution < -0.4 is 10.6 Å². The van der Waals surface area contributed by atoms with Crippen molar-refractivity contribution < 1.29 is 30.8 Å². The van der Waals surface area contributed by atoms with E-state index in [9.17, 15) is 30.8 Å². The van der Waals surface area contributed by atoms with Crippen LogP contribution in [0.1, 0.15) is 63.5 Å². The number of carbonyl (C=O) groups excluding carboxylic acids is 1. The van der Waals surface area contributed by atoms with Crippen molar-refractivity contribution in [3.05, 3.63) is 65.5 Å². The highest BCUT2D eigenvalue weighted by atomic mass is 32.2. The first-order valence-electron chi connectivity index (χ1n) is 14.3. The average molecular weight is 607 g/mol. The molecule has 226 valence electrons. The number of aliphatic imine (C=N–C) groups is 1. The first kappa shape index (κ1) is 29.1. The van der Waals surface area contributed by atoms with Crippen molar-refractivity contribution in [2.24, 2.45) is 16.3 Å². The Hall–Kier alpha value is -2.99. The molecule has 42 heavy (non-hydrogen) atoms. The topological polar surface area (TPSA) is 90.9 Å². The van der Waals surface area contributed by atoms with Crippen LogP contribution in [0.25, 0.3) is 0 Å². The molecule has 12 heteroatoms. The van der Waals surface area contributed by atoms with Crippen molar-refractivity contribution in [3.8, 4) is 0 Å². The van der Waals surface area contributed by atoms with E-state index in [-0.39, 0.29) is 23.4 Å². The zero-order valence-corrected chi connectivity index (χ0v) is 24.3. The van der Waals surface area contributed by atoms with Gasteiger partial charge in [-0.2, -0.15) is 17.5 Å². The van der Waals surface area contributed by atoms with E-state index in [0.717, 1.165) is 37.1 Å². The molecule has 0 radical (unpaired) electrons. The molecule has 4 aliphatic carbocycles. The van der Waals surface area contributed by atoms with Crippen molar-refractivity contribution in [2.75, 3.05) is 6.54 Å². The highest BCUT2D eigenvalue weighted by Gasteiger charge is 2.75. The van der Waals surface area contributed by atoms with Crippen LogP contribution in [-0.4, -0.2) is 48.1 Å². The predicted octanol–water partition coefficient (Wildman–Crippen LogP) is 5.02. The SMILES string of the molecule is CC1N=C(C23CC(N(Cc4ccc(C(F)(F)F)cc4)S(=O)(=O)c4ccc(F)cc4)(C2)C3)N[C@@]1(C)C(=O)NCC1CCC1. The van der Waals surface area contributed by atoms with Crippen molar-refractivity contribution in [1.29, 1.82) is 0 Å². The first-order valence-corrected chi connectivity index (χ1v) is 15.7. The number of alkyl halides is 3. The van der Waals surface area contributed by atoms with Crippen LogP contribution in [0.3, 0.4) is 0 Å². The molecule has 5 aliphatic rings. The summed E-state index contributed by atoms with van der Waals surface area (Å²) < 4.78 is 82.1. The van der Waals surface area contributed by atoms with Crippen LogP contribution in [0, 0.1) is 17.2 Å². The maximum absolute atomic E-state index is 13.9. The maximum Gasteiger partial charge on any atom is 0.416 e. The van der Waals surface area contributed by atoms with Gasteiger partial charge < -0.3 is 10.6 Å². The second kappa shape index (κ2) is 9.77. The predicted molar refractivity (Wildman–Crippen MR) is 148 cm³/mol. The Morgan fingerprint density at radius 2 is 1.69 bits per heavy atom. The summed E-state index contributed by atoms with van der Waals surface area (Å²) in [6, 6.07) is 8.68. The van der Waals surface area contributed by atoms with E-state index in [1.807, 2.05) is 13.8 Å². The summed E-state index contributed by atoms with van der Waals surface area (Å²) in [5, 5.41) is 6.45. The molecule has 2 aromatic carbocycles. The summed E-state index contributed by atoms with van der Waals surface area (Å²) in [6.07, 6.45) is 0.301. The van der Waals surface area contributed by atoms with E-state index in [2.05, 4.69) is 10.6 Å². The van der Waals surface area contributed by atoms with Crippen LogP contribution >= 0.6 is 0 Å². The number of nitrogens with zero attached hydrogens (tertiary/aromatic N) is 2. The van der Waals surface area contributed by atoms with Gasteiger partial charge in [-0.3, -0.25) is 9.79 Å². The fourth-order valence-electron chi connectivity index (χ4n) is 6.80. The third-order valence-electron chi connectivity index (χ3n) is 9.83. The molecule has 7 nitrogen and oxygen atoms in total. The maximum atomic E-state index is 13.9. The van der Waals surface area contributed by atoms with Crippen LogP contribution in [-0.2, 0) is 27.5 Å². The molecule has 1 amide bonds. The number of rotatable bonds is 9. The number of hydrogen-bond donors (Lipinski definition) is 2. The number of hydrogen-bond acceptors (Lipinski definition) is 5. The minimum Gasteiger partial charge on any atom is -0.358 e. The van der Waals surface area contributed by atoms with Gasteiger partial charge in [0, 0.05) is 24.0 Å². The molecule has 1 unspecified atom stereocenters. The molecule has 2 bridgehead atoms. The van der Waals surface area contributed by atoms with Gasteiger partial charge in [-0.15, -0.1) is 0 Å². The second-order valence-electron chi connectivity index (χ2n) is 12.7. The minimum atomic E-state index is -4.51. The Kier molecular flexibility index (Phi) is 6.77. The van der Waals surface area contributed by atoms with Gasteiger partial charge in [-0.05, 0) is 93.8 Å². The summed E-state index contributed by atoms with van der Waals surface area (Å²) in [5.74, 6) is 0.536. The molecule has 7 rings (SSSR count). The Bertz CT molecular complexity index is 1500. The molecule has 1 aliphatic heterocycles. The van der Waals surface area contributed by atoms with E-state index in [0.29, 0.717) is 43.1 Å². The summed E-state index contributed by atoms with van der Waals surface area (Å²) >= 11 is 0. The lowest BCUT2D eigenvalue weighted by Crippen LogP contribution is -2.79. The van der Waals surface area contributed by atoms with Gasteiger partial charge in [0.1, 0.15) is 17.2 Å². The van der Waals surface area contributed by atoms with E-state index in [1.54, 1.807) is 0 Å². The fraction of sp³-hybridized carbons (Fsp3) is 0.533. The number of carbonyl (C=O) groups is 1. The van der Waals surface area contributed by atoms with Gasteiger partial charge in [0.25, 0.3) is 0 Å². The number of halogens is 4. The molecule has 0 saturated heterocycles. The number of amides is 1. The van der Waals surface area contributed by atoms with Crippen LogP contribution in [0.5, 0.6) is 0 Å². The lowest BCUT2D eigenvalue weighted by Gasteiger charge is -2.73. The fourth-order valence-corrected chi connectivity index (χ4v) is 8.55. The molecule has 2 N–H and O–H groups in total. The summed E-state index contributed by atoms with van der Waals surface area (Å²) in [4.78, 5) is 17.9. The second-order valence-corrected chi connectivity index (χ2v) is 14.5. The van der Waals surface area contributed by atoms with Gasteiger partial charge in [0.05, 0.1) is 16.5 Å². The lowest BCUT2D eigenvalue weighted by molar-refractivity contribution is -0.151. The molecular weight excluding hydrogens is 572 g/mol. The Balaban J connectivity index is 1.21. The van der Waals surface area contributed by atoms with Gasteiger partial charge in [0.2, 0.25) is 15.9 Å². The van der Waals surface area contributed by atoms with Crippen molar-refractivity contribution in [2.45, 2.75) is 87.1 Å². The zero-order chi connectivity index (χ0) is 30.1. The molecule has 4 fully saturated rings. The normalized spacial score (nSPS) is 30.5. The van der Waals surface area contributed by atoms with E-state index in [4.69, 9.17) is 4.99 Å². The van der Waals surface area contributed by atoms with E-state index >= 15 is 0 Å². The quantitative estimate of drug-likeness (QED) is 0.392. The molecule has 1 heterocycles. The summed E-state index contributed by atoms with van der Waals surface area (Å²) in [7, 11) is -4.13. The van der Waals surface area contributed by atoms with Crippen molar-refractivity contribution >= 4 is 21.8 Å². The third kappa shape index (κ3) is 4.70. The highest BCUT2D eigenvalue weighted by Crippen LogP contribution is 2.71. The smallest absolute Gasteiger partial charge is 0.358 e. The number of nitrogens with one attached hydrogen (secondary N) is 2. The van der Waals surface area contributed by atoms with Crippen LogP contribution in [0.4, 0.5) is 17.6 Å². The van der Waals surface area contributed by atoms with Gasteiger partial charge in [0.15, 0.2) is 0 Å². The van der Waals surface area contributed by atoms with E-state index < -0.39 is 44.1 Å². The minimum absolute atomic E-state index is 0.0877. The molecule has 2 atom stereocenters. The molecule has 2 aromatic rings. The largest absolute Gasteiger partial charge is 0.416 e. The molecule has 0 spiro atoms. The highest BCUT2D eigenvalue weighted by molar-refractivity contribution is 7.89. The Labute approximate surface area is 242 Å². The number of benzene rings is 2. The van der Waals surface area contributed by atoms with Crippen LogP contribution in [0.15, 0.2) is 58.4 Å². The number of sulfonamides is 1. The summed E-state index contributed by atoms with van der Waals surface area (Å²) in [5.41, 5.74) is -2.50. The van der Waals surface area contributed by atoms with Crippen molar-refractivity contribution in [3.63, 3.8) is 0 Å². The molecule has 4 saturated carbocycles. The van der Waals surface area contributed by atoms with Crippen molar-refractivity contribution in [1.82, 2.24) is 14.9 Å². The van der Waals surface area contributed by atoms with E-state index in [1.165, 1.54) is 35.0 Å². The van der Waals surface area contributed by atoms with Gasteiger partial charge >= 0.3 is 6.18 Å². The third-order valence-corrected chi connectivity index (χ3v) is 11.8. The summed E-state index contributed by atoms with van der Waals surface area (Å²) in [6.45, 7) is 4.24. The standard InChI is InChI=1S/C30H34F4N4O3S/c1-19-27(2,26(39)35-14-20-4-3-5-20)37-25(36-19)28-16-29(17-28,18-28)38(42(40,41)24-12-10-23(31)11-13-24)15-21-6-8-22(9-7-21)30(32,33)34/h6-13,19-20H,3-5,14-18H2,1-2H3,(H,35,39)(H,36,37)/t19?,27-,28?,29?/m1/s1. The Morgan fingerprint density at radius 1 is 1.07 bits per heavy atom.